The molecule has 170 valence electrons. The van der Waals surface area contributed by atoms with Crippen LogP contribution in [0.4, 0.5) is 17.6 Å². The van der Waals surface area contributed by atoms with Crippen molar-refractivity contribution in [2.75, 3.05) is 17.2 Å². The number of piperidine rings is 1. The molecule has 2 unspecified atom stereocenters. The van der Waals surface area contributed by atoms with Crippen molar-refractivity contribution in [2.24, 2.45) is 0 Å². The summed E-state index contributed by atoms with van der Waals surface area (Å²) >= 11 is 0. The molecule has 9 heteroatoms. The molecule has 32 heavy (non-hydrogen) atoms. The maximum Gasteiger partial charge on any atom is 0.232 e. The Bertz CT molecular complexity index is 1080. The Labute approximate surface area is 189 Å². The number of anilines is 3. The van der Waals surface area contributed by atoms with Gasteiger partial charge in [-0.25, -0.2) is 0 Å². The van der Waals surface area contributed by atoms with Gasteiger partial charge < -0.3 is 15.6 Å². The number of nitriles is 1. The molecule has 0 aromatic carbocycles. The van der Waals surface area contributed by atoms with E-state index in [9.17, 15) is 0 Å². The minimum atomic E-state index is 0.316. The Kier molecular flexibility index (Phi) is 6.61. The number of fused-ring (bicyclic) bond motifs is 1. The van der Waals surface area contributed by atoms with Crippen LogP contribution in [0.5, 0.6) is 0 Å². The van der Waals surface area contributed by atoms with Crippen molar-refractivity contribution >= 4 is 28.6 Å². The summed E-state index contributed by atoms with van der Waals surface area (Å²) in [5, 5.41) is 24.3. The summed E-state index contributed by atoms with van der Waals surface area (Å²) in [5.41, 5.74) is 2.90. The smallest absolute Gasteiger partial charge is 0.232 e. The van der Waals surface area contributed by atoms with Crippen molar-refractivity contribution in [1.82, 2.24) is 30.0 Å². The Hall–Kier alpha value is -3.12. The van der Waals surface area contributed by atoms with E-state index in [0.29, 0.717) is 36.3 Å². The molecule has 0 aliphatic carbocycles. The summed E-state index contributed by atoms with van der Waals surface area (Å²) in [7, 11) is 0. The van der Waals surface area contributed by atoms with E-state index in [2.05, 4.69) is 62.5 Å². The number of nitrogens with one attached hydrogen (secondary N) is 4. The molecule has 1 aliphatic heterocycles. The fraction of sp³-hybridized carbons (Fsp3) is 0.565. The third-order valence-corrected chi connectivity index (χ3v) is 6.49. The van der Waals surface area contributed by atoms with E-state index in [4.69, 9.17) is 10.2 Å². The van der Waals surface area contributed by atoms with Gasteiger partial charge in [-0.15, -0.1) is 0 Å². The monoisotopic (exact) mass is 435 g/mol. The van der Waals surface area contributed by atoms with Gasteiger partial charge in [-0.2, -0.15) is 20.3 Å². The lowest BCUT2D eigenvalue weighted by atomic mass is 9.88. The van der Waals surface area contributed by atoms with Crippen molar-refractivity contribution in [3.63, 3.8) is 0 Å². The van der Waals surface area contributed by atoms with Gasteiger partial charge in [0.15, 0.2) is 5.82 Å². The fourth-order valence-corrected chi connectivity index (χ4v) is 4.92. The highest BCUT2D eigenvalue weighted by molar-refractivity contribution is 5.91. The minimum Gasteiger partial charge on any atom is -0.366 e. The summed E-state index contributed by atoms with van der Waals surface area (Å²) in [6.07, 6.45) is 6.79. The van der Waals surface area contributed by atoms with E-state index in [1.807, 2.05) is 19.2 Å². The molecule has 0 bridgehead atoms. The SMILES string of the molecule is CCC1CC(Nc2nc(Nc3cc(C)[nH]n3)nc3[nH]cc(C)c23)CC(CC)N1CCC#N. The lowest BCUT2D eigenvalue weighted by Gasteiger charge is -2.45. The summed E-state index contributed by atoms with van der Waals surface area (Å²) in [5.74, 6) is 2.06. The Morgan fingerprint density at radius 3 is 2.56 bits per heavy atom. The maximum atomic E-state index is 9.08. The highest BCUT2D eigenvalue weighted by Gasteiger charge is 2.34. The van der Waals surface area contributed by atoms with Gasteiger partial charge in [0.25, 0.3) is 0 Å². The van der Waals surface area contributed by atoms with E-state index in [0.717, 1.165) is 60.3 Å². The largest absolute Gasteiger partial charge is 0.366 e. The predicted octanol–water partition coefficient (Wildman–Crippen LogP) is 4.39. The second kappa shape index (κ2) is 9.57. The Balaban J connectivity index is 1.60. The van der Waals surface area contributed by atoms with Crippen LogP contribution in [0.25, 0.3) is 11.0 Å². The van der Waals surface area contributed by atoms with Crippen molar-refractivity contribution in [3.8, 4) is 6.07 Å². The van der Waals surface area contributed by atoms with E-state index in [1.54, 1.807) is 0 Å². The molecular formula is C23H33N9. The highest BCUT2D eigenvalue weighted by atomic mass is 15.3. The summed E-state index contributed by atoms with van der Waals surface area (Å²) in [6.45, 7) is 9.37. The molecule has 0 amide bonds. The van der Waals surface area contributed by atoms with Crippen LogP contribution in [0.3, 0.4) is 0 Å². The molecule has 3 aromatic rings. The van der Waals surface area contributed by atoms with Crippen molar-refractivity contribution in [1.29, 1.82) is 5.26 Å². The second-order valence-electron chi connectivity index (χ2n) is 8.74. The second-order valence-corrected chi connectivity index (χ2v) is 8.74. The number of hydrogen-bond acceptors (Lipinski definition) is 7. The molecule has 9 nitrogen and oxygen atoms in total. The molecule has 4 rings (SSSR count). The first-order chi connectivity index (χ1) is 15.5. The lowest BCUT2D eigenvalue weighted by molar-refractivity contribution is 0.0735. The van der Waals surface area contributed by atoms with Crippen LogP contribution in [0.1, 0.15) is 57.2 Å². The van der Waals surface area contributed by atoms with Gasteiger partial charge >= 0.3 is 0 Å². The van der Waals surface area contributed by atoms with E-state index < -0.39 is 0 Å². The molecule has 0 spiro atoms. The van der Waals surface area contributed by atoms with Crippen LogP contribution in [0.15, 0.2) is 12.3 Å². The van der Waals surface area contributed by atoms with E-state index >= 15 is 0 Å². The van der Waals surface area contributed by atoms with E-state index in [-0.39, 0.29) is 0 Å². The standard InChI is InChI=1S/C23H33N9/c1-5-17-11-16(12-18(6-2)32(17)9-7-8-24)26-22-20-14(3)13-25-21(20)28-23(29-22)27-19-10-15(4)30-31-19/h10,13,16-18H,5-7,9,11-12H2,1-4H3,(H4,25,26,27,28,29,30,31). The van der Waals surface area contributed by atoms with Gasteiger partial charge in [-0.05, 0) is 45.1 Å². The molecule has 3 aromatic heterocycles. The molecule has 0 saturated carbocycles. The van der Waals surface area contributed by atoms with Gasteiger partial charge in [0, 0.05) is 49.0 Å². The van der Waals surface area contributed by atoms with Crippen LogP contribution < -0.4 is 10.6 Å². The molecule has 1 saturated heterocycles. The highest BCUT2D eigenvalue weighted by Crippen LogP contribution is 2.32. The van der Waals surface area contributed by atoms with Crippen molar-refractivity contribution in [2.45, 2.75) is 77.9 Å². The van der Waals surface area contributed by atoms with Gasteiger partial charge in [0.1, 0.15) is 11.5 Å². The topological polar surface area (TPSA) is 121 Å². The number of aryl methyl sites for hydroxylation is 2. The minimum absolute atomic E-state index is 0.316. The quantitative estimate of drug-likeness (QED) is 0.414. The van der Waals surface area contributed by atoms with Crippen molar-refractivity contribution < 1.29 is 0 Å². The number of H-pyrrole nitrogens is 2. The molecule has 0 radical (unpaired) electrons. The summed E-state index contributed by atoms with van der Waals surface area (Å²) < 4.78 is 0. The molecule has 2 atom stereocenters. The van der Waals surface area contributed by atoms with Gasteiger partial charge in [0.2, 0.25) is 5.95 Å². The fourth-order valence-electron chi connectivity index (χ4n) is 4.92. The first-order valence-corrected chi connectivity index (χ1v) is 11.6. The third-order valence-electron chi connectivity index (χ3n) is 6.49. The average molecular weight is 436 g/mol. The molecular weight excluding hydrogens is 402 g/mol. The number of likely N-dealkylation sites (tertiary alicyclic amines) is 1. The number of rotatable bonds is 8. The van der Waals surface area contributed by atoms with Crippen LogP contribution in [0.2, 0.25) is 0 Å². The number of nitrogens with zero attached hydrogens (tertiary/aromatic N) is 5. The van der Waals surface area contributed by atoms with E-state index in [1.165, 1.54) is 0 Å². The van der Waals surface area contributed by atoms with Gasteiger partial charge in [0.05, 0.1) is 11.5 Å². The molecule has 4 heterocycles. The molecule has 1 aliphatic rings. The first kappa shape index (κ1) is 22.1. The number of aromatic nitrogens is 5. The summed E-state index contributed by atoms with van der Waals surface area (Å²) in [6, 6.07) is 5.49. The zero-order valence-corrected chi connectivity index (χ0v) is 19.4. The van der Waals surface area contributed by atoms with Crippen LogP contribution >= 0.6 is 0 Å². The summed E-state index contributed by atoms with van der Waals surface area (Å²) in [4.78, 5) is 15.3. The van der Waals surface area contributed by atoms with Crippen LogP contribution in [-0.4, -0.2) is 54.7 Å². The Morgan fingerprint density at radius 1 is 1.19 bits per heavy atom. The van der Waals surface area contributed by atoms with Crippen LogP contribution in [0, 0.1) is 25.2 Å². The van der Waals surface area contributed by atoms with Crippen LogP contribution in [-0.2, 0) is 0 Å². The number of aromatic amines is 2. The average Bonchev–Trinajstić information content (AvgIpc) is 3.37. The maximum absolute atomic E-state index is 9.08. The zero-order chi connectivity index (χ0) is 22.7. The zero-order valence-electron chi connectivity index (χ0n) is 19.4. The lowest BCUT2D eigenvalue weighted by Crippen LogP contribution is -2.52. The normalized spacial score (nSPS) is 21.5. The molecule has 4 N–H and O–H groups in total. The number of hydrogen-bond donors (Lipinski definition) is 4. The van der Waals surface area contributed by atoms with Gasteiger partial charge in [-0.3, -0.25) is 10.00 Å². The first-order valence-electron chi connectivity index (χ1n) is 11.6. The molecule has 1 fully saturated rings. The Morgan fingerprint density at radius 2 is 1.94 bits per heavy atom. The predicted molar refractivity (Wildman–Crippen MR) is 127 cm³/mol. The van der Waals surface area contributed by atoms with Gasteiger partial charge in [-0.1, -0.05) is 13.8 Å². The third kappa shape index (κ3) is 4.55. The van der Waals surface area contributed by atoms with Crippen molar-refractivity contribution in [3.05, 3.63) is 23.5 Å².